The lowest BCUT2D eigenvalue weighted by atomic mass is 9.94. The van der Waals surface area contributed by atoms with Gasteiger partial charge >= 0.3 is 0 Å². The summed E-state index contributed by atoms with van der Waals surface area (Å²) in [5.74, 6) is 0.960. The molecule has 1 amide bonds. The van der Waals surface area contributed by atoms with Gasteiger partial charge in [-0.05, 0) is 54.3 Å². The van der Waals surface area contributed by atoms with Crippen molar-refractivity contribution in [2.75, 3.05) is 17.2 Å². The van der Waals surface area contributed by atoms with Crippen LogP contribution in [0.25, 0.3) is 5.57 Å². The van der Waals surface area contributed by atoms with Crippen LogP contribution >= 0.6 is 0 Å². The van der Waals surface area contributed by atoms with Crippen LogP contribution in [0.4, 0.5) is 17.3 Å². The number of nitrogens with zero attached hydrogens (tertiary/aromatic N) is 4. The first-order chi connectivity index (χ1) is 15.5. The fourth-order valence-corrected chi connectivity index (χ4v) is 3.57. The number of benzene rings is 2. The quantitative estimate of drug-likeness (QED) is 0.568. The van der Waals surface area contributed by atoms with Crippen molar-refractivity contribution in [2.24, 2.45) is 0 Å². The summed E-state index contributed by atoms with van der Waals surface area (Å²) in [4.78, 5) is 24.7. The normalized spacial score (nSPS) is 15.4. The molecule has 1 aromatic heterocycles. The molecule has 0 saturated carbocycles. The number of carbonyl (C=O) groups excluding carboxylic acids is 1. The van der Waals surface area contributed by atoms with Crippen molar-refractivity contribution < 1.29 is 4.79 Å². The van der Waals surface area contributed by atoms with Gasteiger partial charge in [0.2, 0.25) is 11.9 Å². The lowest BCUT2D eigenvalue weighted by Gasteiger charge is -2.23. The number of rotatable bonds is 5. The number of amides is 1. The second-order valence-electron chi connectivity index (χ2n) is 7.59. The number of nitriles is 1. The van der Waals surface area contributed by atoms with E-state index in [1.54, 1.807) is 0 Å². The number of aromatic nitrogens is 3. The zero-order valence-corrected chi connectivity index (χ0v) is 17.9. The molecule has 8 nitrogen and oxygen atoms in total. The largest absolute Gasteiger partial charge is 0.326 e. The highest BCUT2D eigenvalue weighted by atomic mass is 16.1. The molecule has 1 aliphatic heterocycles. The molecule has 2 aromatic carbocycles. The molecule has 160 valence electrons. The zero-order valence-electron chi connectivity index (χ0n) is 17.9. The fourth-order valence-electron chi connectivity index (χ4n) is 3.57. The van der Waals surface area contributed by atoms with Crippen LogP contribution in [-0.4, -0.2) is 27.4 Å². The predicted molar refractivity (Wildman–Crippen MR) is 123 cm³/mol. The van der Waals surface area contributed by atoms with Gasteiger partial charge in [-0.25, -0.2) is 9.97 Å². The Morgan fingerprint density at radius 1 is 1.19 bits per heavy atom. The van der Waals surface area contributed by atoms with Crippen LogP contribution in [0.1, 0.15) is 41.9 Å². The van der Waals surface area contributed by atoms with Gasteiger partial charge < -0.3 is 16.0 Å². The van der Waals surface area contributed by atoms with E-state index in [0.717, 1.165) is 28.9 Å². The second kappa shape index (κ2) is 9.37. The average molecular weight is 425 g/mol. The molecule has 0 aliphatic carbocycles. The molecule has 4 rings (SSSR count). The Bertz CT molecular complexity index is 1210. The Morgan fingerprint density at radius 3 is 2.75 bits per heavy atom. The maximum Gasteiger partial charge on any atom is 0.230 e. The number of aryl methyl sites for hydroxylation is 1. The van der Waals surface area contributed by atoms with Gasteiger partial charge in [-0.3, -0.25) is 4.79 Å². The van der Waals surface area contributed by atoms with E-state index >= 15 is 0 Å². The Hall–Kier alpha value is -4.09. The molecule has 0 spiro atoms. The van der Waals surface area contributed by atoms with E-state index in [9.17, 15) is 4.79 Å². The van der Waals surface area contributed by atoms with Crippen molar-refractivity contribution in [1.29, 1.82) is 5.26 Å². The summed E-state index contributed by atoms with van der Waals surface area (Å²) in [6.45, 7) is 4.12. The van der Waals surface area contributed by atoms with Crippen molar-refractivity contribution in [2.45, 2.75) is 26.3 Å². The van der Waals surface area contributed by atoms with Gasteiger partial charge in [0.05, 0.1) is 17.7 Å². The lowest BCUT2D eigenvalue weighted by molar-refractivity contribution is -0.114. The molecular weight excluding hydrogens is 402 g/mol. The second-order valence-corrected chi connectivity index (χ2v) is 7.59. The maximum atomic E-state index is 11.4. The van der Waals surface area contributed by atoms with Crippen molar-refractivity contribution >= 4 is 28.8 Å². The molecule has 0 fully saturated rings. The van der Waals surface area contributed by atoms with Crippen LogP contribution in [0, 0.1) is 18.3 Å². The van der Waals surface area contributed by atoms with Crippen LogP contribution < -0.4 is 16.0 Å². The molecule has 3 aromatic rings. The van der Waals surface area contributed by atoms with Crippen LogP contribution in [0.5, 0.6) is 0 Å². The number of hydrogen-bond acceptors (Lipinski definition) is 7. The molecule has 2 heterocycles. The third kappa shape index (κ3) is 4.96. The molecule has 3 N–H and O–H groups in total. The third-order valence-corrected chi connectivity index (χ3v) is 5.23. The molecule has 8 heteroatoms. The molecule has 0 radical (unpaired) electrons. The highest BCUT2D eigenvalue weighted by Crippen LogP contribution is 2.29. The molecular formula is C24H23N7O. The summed E-state index contributed by atoms with van der Waals surface area (Å²) >= 11 is 0. The molecule has 1 aliphatic rings. The summed E-state index contributed by atoms with van der Waals surface area (Å²) < 4.78 is 0. The molecule has 0 bridgehead atoms. The van der Waals surface area contributed by atoms with Crippen molar-refractivity contribution in [3.63, 3.8) is 0 Å². The Balaban J connectivity index is 1.50. The Kier molecular flexibility index (Phi) is 6.19. The van der Waals surface area contributed by atoms with Gasteiger partial charge in [0.25, 0.3) is 0 Å². The van der Waals surface area contributed by atoms with Crippen molar-refractivity contribution in [3.05, 3.63) is 77.4 Å². The maximum absolute atomic E-state index is 11.4. The van der Waals surface area contributed by atoms with E-state index in [4.69, 9.17) is 5.26 Å². The topological polar surface area (TPSA) is 116 Å². The molecule has 32 heavy (non-hydrogen) atoms. The summed E-state index contributed by atoms with van der Waals surface area (Å²) in [6, 6.07) is 15.4. The SMILES string of the molecule is CC(=O)Nc1cc(Nc2ncnc(C3CC(c4ccc(C#N)cc4)=CCN3)n2)ccc1C. The van der Waals surface area contributed by atoms with Crippen LogP contribution in [-0.2, 0) is 4.79 Å². The minimum Gasteiger partial charge on any atom is -0.326 e. The van der Waals surface area contributed by atoms with E-state index < -0.39 is 0 Å². The van der Waals surface area contributed by atoms with E-state index in [2.05, 4.69) is 43.0 Å². The van der Waals surface area contributed by atoms with E-state index in [-0.39, 0.29) is 11.9 Å². The summed E-state index contributed by atoms with van der Waals surface area (Å²) in [5, 5.41) is 18.5. The number of carbonyl (C=O) groups is 1. The third-order valence-electron chi connectivity index (χ3n) is 5.23. The number of hydrogen-bond donors (Lipinski definition) is 3. The van der Waals surface area contributed by atoms with Gasteiger partial charge in [0, 0.05) is 24.8 Å². The van der Waals surface area contributed by atoms with Crippen LogP contribution in [0.15, 0.2) is 54.9 Å². The van der Waals surface area contributed by atoms with Crippen LogP contribution in [0.3, 0.4) is 0 Å². The summed E-state index contributed by atoms with van der Waals surface area (Å²) in [6.07, 6.45) is 4.37. The zero-order chi connectivity index (χ0) is 22.5. The highest BCUT2D eigenvalue weighted by molar-refractivity contribution is 5.90. The minimum atomic E-state index is -0.123. The first kappa shape index (κ1) is 21.2. The first-order valence-corrected chi connectivity index (χ1v) is 10.3. The minimum absolute atomic E-state index is 0.0536. The van der Waals surface area contributed by atoms with E-state index in [1.165, 1.54) is 18.8 Å². The number of anilines is 3. The highest BCUT2D eigenvalue weighted by Gasteiger charge is 2.21. The summed E-state index contributed by atoms with van der Waals surface area (Å²) in [7, 11) is 0. The number of nitrogens with one attached hydrogen (secondary N) is 3. The van der Waals surface area contributed by atoms with Crippen molar-refractivity contribution in [1.82, 2.24) is 20.3 Å². The Labute approximate surface area is 186 Å². The van der Waals surface area contributed by atoms with Crippen LogP contribution in [0.2, 0.25) is 0 Å². The smallest absolute Gasteiger partial charge is 0.230 e. The van der Waals surface area contributed by atoms with Gasteiger partial charge in [-0.15, -0.1) is 0 Å². The monoisotopic (exact) mass is 425 g/mol. The van der Waals surface area contributed by atoms with E-state index in [1.807, 2.05) is 49.4 Å². The van der Waals surface area contributed by atoms with Gasteiger partial charge in [0.15, 0.2) is 5.82 Å². The lowest BCUT2D eigenvalue weighted by Crippen LogP contribution is -2.27. The van der Waals surface area contributed by atoms with Gasteiger partial charge in [-0.1, -0.05) is 24.3 Å². The first-order valence-electron chi connectivity index (χ1n) is 10.3. The molecule has 1 atom stereocenters. The standard InChI is InChI=1S/C24H23N7O/c1-15-3-8-20(12-21(15)29-16(2)32)30-24-28-14-27-23(31-24)22-11-19(9-10-26-22)18-6-4-17(13-25)5-7-18/h3-9,12,14,22,26H,10-11H2,1-2H3,(H,29,32)(H,27,28,30,31). The Morgan fingerprint density at radius 2 is 2.00 bits per heavy atom. The fraction of sp³-hybridized carbons (Fsp3) is 0.208. The molecule has 0 saturated heterocycles. The predicted octanol–water partition coefficient (Wildman–Crippen LogP) is 3.87. The van der Waals surface area contributed by atoms with Crippen molar-refractivity contribution in [3.8, 4) is 6.07 Å². The van der Waals surface area contributed by atoms with Gasteiger partial charge in [0.1, 0.15) is 6.33 Å². The average Bonchev–Trinajstić information content (AvgIpc) is 2.81. The van der Waals surface area contributed by atoms with Gasteiger partial charge in [-0.2, -0.15) is 10.2 Å². The van der Waals surface area contributed by atoms with E-state index in [0.29, 0.717) is 23.9 Å². The molecule has 1 unspecified atom stereocenters. The summed E-state index contributed by atoms with van der Waals surface area (Å²) in [5.41, 5.74) is 5.40.